The van der Waals surface area contributed by atoms with E-state index in [0.29, 0.717) is 17.5 Å². The van der Waals surface area contributed by atoms with Gasteiger partial charge >= 0.3 is 0 Å². The van der Waals surface area contributed by atoms with Crippen LogP contribution in [-0.2, 0) is 0 Å². The molecule has 57 heavy (non-hydrogen) atoms. The van der Waals surface area contributed by atoms with Crippen LogP contribution < -0.4 is 0 Å². The molecule has 6 nitrogen and oxygen atoms in total. The summed E-state index contributed by atoms with van der Waals surface area (Å²) in [7, 11) is 0. The molecule has 7 aromatic carbocycles. The van der Waals surface area contributed by atoms with Crippen molar-refractivity contribution in [2.24, 2.45) is 0 Å². The lowest BCUT2D eigenvalue weighted by atomic mass is 10.1. The van der Waals surface area contributed by atoms with E-state index in [0.717, 1.165) is 77.7 Å². The van der Waals surface area contributed by atoms with E-state index in [1.54, 1.807) is 12.1 Å². The molecule has 11 rings (SSSR count). The Kier molecular flexibility index (Phi) is 7.57. The molecule has 4 aromatic heterocycles. The highest BCUT2D eigenvalue weighted by atomic mass is 19.1. The fourth-order valence-corrected chi connectivity index (χ4v) is 8.05. The van der Waals surface area contributed by atoms with E-state index in [-0.39, 0.29) is 5.82 Å². The Morgan fingerprint density at radius 1 is 0.351 bits per heavy atom. The SMILES string of the molecule is Fc1ccc(-c2cccc(-n3c4ccccc4c4c3ccc3c5ccccc5n(-c5ccc(-c6nc(-c7ccccc7)nc(-c7ccccc7)n6)cc5)c34)n2)cc1. The molecule has 0 amide bonds. The molecule has 7 heteroatoms. The summed E-state index contributed by atoms with van der Waals surface area (Å²) in [6, 6.07) is 62.6. The first kappa shape index (κ1) is 32.6. The zero-order valence-electron chi connectivity index (χ0n) is 30.5. The minimum Gasteiger partial charge on any atom is -0.309 e. The number of para-hydroxylation sites is 2. The Morgan fingerprint density at radius 3 is 1.54 bits per heavy atom. The standard InChI is InChI=1S/C50H31FN6/c51-36-26-22-32(23-27-36)41-18-11-21-45(52-41)57-43-20-10-8-17-40(43)46-44(57)31-30-39-38-16-7-9-19-42(38)56(47(39)46)37-28-24-35(25-29-37)50-54-48(33-12-3-1-4-13-33)53-49(55-50)34-14-5-2-6-15-34/h1-31H. The molecule has 0 bridgehead atoms. The lowest BCUT2D eigenvalue weighted by Crippen LogP contribution is -2.00. The largest absolute Gasteiger partial charge is 0.309 e. The van der Waals surface area contributed by atoms with Crippen molar-refractivity contribution in [2.45, 2.75) is 0 Å². The summed E-state index contributed by atoms with van der Waals surface area (Å²) < 4.78 is 18.4. The maximum atomic E-state index is 13.8. The number of rotatable bonds is 6. The summed E-state index contributed by atoms with van der Waals surface area (Å²) in [5.74, 6) is 2.38. The third-order valence-electron chi connectivity index (χ3n) is 10.7. The summed E-state index contributed by atoms with van der Waals surface area (Å²) in [6.45, 7) is 0. The van der Waals surface area contributed by atoms with Crippen molar-refractivity contribution in [3.8, 4) is 56.9 Å². The van der Waals surface area contributed by atoms with Gasteiger partial charge in [0.1, 0.15) is 11.6 Å². The number of benzene rings is 7. The molecule has 0 N–H and O–H groups in total. The van der Waals surface area contributed by atoms with Crippen LogP contribution in [0.3, 0.4) is 0 Å². The van der Waals surface area contributed by atoms with E-state index in [1.165, 1.54) is 17.5 Å². The quantitative estimate of drug-likeness (QED) is 0.171. The second kappa shape index (κ2) is 13.2. The van der Waals surface area contributed by atoms with E-state index in [4.69, 9.17) is 19.9 Å². The normalized spacial score (nSPS) is 11.6. The molecule has 4 heterocycles. The molecule has 0 radical (unpaired) electrons. The van der Waals surface area contributed by atoms with Crippen LogP contribution in [0.25, 0.3) is 101 Å². The van der Waals surface area contributed by atoms with Gasteiger partial charge in [-0.3, -0.25) is 4.57 Å². The Morgan fingerprint density at radius 2 is 0.895 bits per heavy atom. The van der Waals surface area contributed by atoms with Crippen molar-refractivity contribution >= 4 is 43.6 Å². The average molecular weight is 735 g/mol. The molecule has 0 atom stereocenters. The fraction of sp³-hybridized carbons (Fsp3) is 0. The number of halogens is 1. The summed E-state index contributed by atoms with van der Waals surface area (Å²) in [5, 5.41) is 4.59. The van der Waals surface area contributed by atoms with Crippen LogP contribution in [0.5, 0.6) is 0 Å². The molecule has 0 aliphatic carbocycles. The van der Waals surface area contributed by atoms with Gasteiger partial charge in [0.25, 0.3) is 0 Å². The summed E-state index contributed by atoms with van der Waals surface area (Å²) in [5.41, 5.74) is 9.73. The first-order valence-electron chi connectivity index (χ1n) is 18.8. The van der Waals surface area contributed by atoms with Crippen LogP contribution in [-0.4, -0.2) is 29.1 Å². The molecule has 0 unspecified atom stereocenters. The van der Waals surface area contributed by atoms with Gasteiger partial charge < -0.3 is 4.57 Å². The van der Waals surface area contributed by atoms with Gasteiger partial charge in [0.2, 0.25) is 0 Å². The lowest BCUT2D eigenvalue weighted by Gasteiger charge is -2.12. The predicted molar refractivity (Wildman–Crippen MR) is 228 cm³/mol. The van der Waals surface area contributed by atoms with Crippen LogP contribution in [0.2, 0.25) is 0 Å². The number of nitrogens with zero attached hydrogens (tertiary/aromatic N) is 6. The van der Waals surface area contributed by atoms with Gasteiger partial charge in [0, 0.05) is 49.5 Å². The molecule has 0 spiro atoms. The second-order valence-electron chi connectivity index (χ2n) is 14.0. The molecule has 0 fully saturated rings. The number of hydrogen-bond acceptors (Lipinski definition) is 4. The maximum absolute atomic E-state index is 13.8. The van der Waals surface area contributed by atoms with Gasteiger partial charge in [-0.1, -0.05) is 109 Å². The van der Waals surface area contributed by atoms with Gasteiger partial charge in [0.05, 0.1) is 27.8 Å². The molecule has 0 aliphatic rings. The molecular formula is C50H31FN6. The van der Waals surface area contributed by atoms with Gasteiger partial charge in [-0.2, -0.15) is 0 Å². The van der Waals surface area contributed by atoms with E-state index >= 15 is 0 Å². The Labute approximate surface area is 326 Å². The van der Waals surface area contributed by atoms with E-state index in [9.17, 15) is 4.39 Å². The first-order chi connectivity index (χ1) is 28.2. The van der Waals surface area contributed by atoms with E-state index in [1.807, 2.05) is 78.9 Å². The number of fused-ring (bicyclic) bond motifs is 7. The van der Waals surface area contributed by atoms with Crippen LogP contribution in [0, 0.1) is 5.82 Å². The molecule has 268 valence electrons. The third-order valence-corrected chi connectivity index (χ3v) is 10.7. The highest BCUT2D eigenvalue weighted by Gasteiger charge is 2.22. The van der Waals surface area contributed by atoms with Crippen molar-refractivity contribution in [2.75, 3.05) is 0 Å². The van der Waals surface area contributed by atoms with E-state index < -0.39 is 0 Å². The van der Waals surface area contributed by atoms with Crippen molar-refractivity contribution in [1.82, 2.24) is 29.1 Å². The molecule has 0 aliphatic heterocycles. The Balaban J connectivity index is 1.11. The summed E-state index contributed by atoms with van der Waals surface area (Å²) in [6.07, 6.45) is 0. The van der Waals surface area contributed by atoms with Crippen LogP contribution in [0.1, 0.15) is 0 Å². The monoisotopic (exact) mass is 734 g/mol. The van der Waals surface area contributed by atoms with Gasteiger partial charge in [-0.05, 0) is 78.9 Å². The Hall–Kier alpha value is -7.77. The van der Waals surface area contributed by atoms with Gasteiger partial charge in [0.15, 0.2) is 17.5 Å². The minimum absolute atomic E-state index is 0.272. The van der Waals surface area contributed by atoms with E-state index in [2.05, 4.69) is 94.1 Å². The van der Waals surface area contributed by atoms with Gasteiger partial charge in [-0.15, -0.1) is 0 Å². The molecule has 0 saturated heterocycles. The molecular weight excluding hydrogens is 704 g/mol. The van der Waals surface area contributed by atoms with Crippen molar-refractivity contribution < 1.29 is 4.39 Å². The van der Waals surface area contributed by atoms with Crippen molar-refractivity contribution in [1.29, 1.82) is 0 Å². The first-order valence-corrected chi connectivity index (χ1v) is 18.8. The number of aromatic nitrogens is 6. The smallest absolute Gasteiger partial charge is 0.164 e. The second-order valence-corrected chi connectivity index (χ2v) is 14.0. The molecule has 0 saturated carbocycles. The predicted octanol–water partition coefficient (Wildman–Crippen LogP) is 12.3. The topological polar surface area (TPSA) is 61.4 Å². The summed E-state index contributed by atoms with van der Waals surface area (Å²) in [4.78, 5) is 20.0. The zero-order valence-corrected chi connectivity index (χ0v) is 30.5. The number of hydrogen-bond donors (Lipinski definition) is 0. The number of pyridine rings is 1. The summed E-state index contributed by atoms with van der Waals surface area (Å²) >= 11 is 0. The van der Waals surface area contributed by atoms with Crippen LogP contribution in [0.4, 0.5) is 4.39 Å². The Bertz CT molecular complexity index is 3220. The van der Waals surface area contributed by atoms with Crippen molar-refractivity contribution in [3.05, 3.63) is 194 Å². The average Bonchev–Trinajstić information content (AvgIpc) is 3.80. The molecule has 11 aromatic rings. The van der Waals surface area contributed by atoms with Crippen molar-refractivity contribution in [3.63, 3.8) is 0 Å². The highest BCUT2D eigenvalue weighted by molar-refractivity contribution is 6.26. The lowest BCUT2D eigenvalue weighted by molar-refractivity contribution is 0.628. The van der Waals surface area contributed by atoms with Gasteiger partial charge in [-0.25, -0.2) is 24.3 Å². The zero-order chi connectivity index (χ0) is 37.9. The fourth-order valence-electron chi connectivity index (χ4n) is 8.05. The third kappa shape index (κ3) is 5.47. The van der Waals surface area contributed by atoms with Crippen LogP contribution >= 0.6 is 0 Å². The maximum Gasteiger partial charge on any atom is 0.164 e. The highest BCUT2D eigenvalue weighted by Crippen LogP contribution is 2.42. The minimum atomic E-state index is -0.272. The van der Waals surface area contributed by atoms with Crippen LogP contribution in [0.15, 0.2) is 188 Å².